The summed E-state index contributed by atoms with van der Waals surface area (Å²) in [6.45, 7) is 5.88. The maximum absolute atomic E-state index is 5.90. The van der Waals surface area contributed by atoms with Crippen LogP contribution < -0.4 is 11.1 Å². The molecule has 1 fully saturated rings. The fraction of sp³-hybridized carbons (Fsp3) is 0.600. The lowest BCUT2D eigenvalue weighted by molar-refractivity contribution is 0.315. The number of nitrogens with one attached hydrogen (secondary N) is 1. The van der Waals surface area contributed by atoms with E-state index in [0.29, 0.717) is 12.5 Å². The topological polar surface area (TPSA) is 63.3 Å². The van der Waals surface area contributed by atoms with Crippen LogP contribution in [0.1, 0.15) is 38.8 Å². The summed E-state index contributed by atoms with van der Waals surface area (Å²) < 4.78 is 0. The first-order chi connectivity index (χ1) is 9.08. The van der Waals surface area contributed by atoms with Crippen molar-refractivity contribution < 1.29 is 0 Å². The lowest BCUT2D eigenvalue weighted by Gasteiger charge is -2.26. The van der Waals surface area contributed by atoms with E-state index >= 15 is 0 Å². The predicted octanol–water partition coefficient (Wildman–Crippen LogP) is 2.06. The van der Waals surface area contributed by atoms with Crippen LogP contribution in [0, 0.1) is 5.92 Å². The molecule has 0 bridgehead atoms. The van der Waals surface area contributed by atoms with Crippen LogP contribution >= 0.6 is 0 Å². The molecule has 0 aliphatic heterocycles. The Morgan fingerprint density at radius 2 is 2.26 bits per heavy atom. The number of nitrogens with zero attached hydrogens (tertiary/aromatic N) is 2. The second kappa shape index (κ2) is 6.04. The molecule has 1 saturated carbocycles. The van der Waals surface area contributed by atoms with Crippen molar-refractivity contribution in [3.8, 4) is 0 Å². The van der Waals surface area contributed by atoms with E-state index in [1.807, 2.05) is 24.4 Å². The summed E-state index contributed by atoms with van der Waals surface area (Å²) in [4.78, 5) is 8.84. The van der Waals surface area contributed by atoms with E-state index in [1.54, 1.807) is 0 Å². The molecular weight excluding hydrogens is 236 g/mol. The Balaban J connectivity index is 1.85. The highest BCUT2D eigenvalue weighted by molar-refractivity contribution is 5.77. The molecule has 0 saturated heterocycles. The summed E-state index contributed by atoms with van der Waals surface area (Å²) >= 11 is 0. The van der Waals surface area contributed by atoms with Crippen molar-refractivity contribution in [1.82, 2.24) is 10.3 Å². The molecule has 0 atom stereocenters. The van der Waals surface area contributed by atoms with E-state index in [1.165, 1.54) is 19.3 Å². The van der Waals surface area contributed by atoms with Gasteiger partial charge >= 0.3 is 0 Å². The van der Waals surface area contributed by atoms with Gasteiger partial charge in [0.25, 0.3) is 0 Å². The van der Waals surface area contributed by atoms with E-state index < -0.39 is 0 Å². The van der Waals surface area contributed by atoms with Gasteiger partial charge in [-0.3, -0.25) is 9.98 Å². The van der Waals surface area contributed by atoms with Crippen LogP contribution in [0.2, 0.25) is 0 Å². The van der Waals surface area contributed by atoms with Gasteiger partial charge in [0.05, 0.1) is 6.54 Å². The Kier molecular flexibility index (Phi) is 4.40. The number of pyridine rings is 1. The Labute approximate surface area is 115 Å². The third-order valence-corrected chi connectivity index (χ3v) is 3.80. The molecule has 1 aliphatic rings. The third kappa shape index (κ3) is 3.94. The Hall–Kier alpha value is -1.58. The number of hydrogen-bond donors (Lipinski definition) is 2. The quantitative estimate of drug-likeness (QED) is 0.629. The first-order valence-electron chi connectivity index (χ1n) is 7.03. The zero-order valence-corrected chi connectivity index (χ0v) is 11.9. The molecule has 4 heteroatoms. The third-order valence-electron chi connectivity index (χ3n) is 3.80. The van der Waals surface area contributed by atoms with Gasteiger partial charge in [-0.15, -0.1) is 0 Å². The Morgan fingerprint density at radius 1 is 1.47 bits per heavy atom. The van der Waals surface area contributed by atoms with Crippen LogP contribution in [0.5, 0.6) is 0 Å². The molecule has 19 heavy (non-hydrogen) atoms. The van der Waals surface area contributed by atoms with E-state index in [-0.39, 0.29) is 5.41 Å². The average molecular weight is 260 g/mol. The number of guanidine groups is 1. The zero-order valence-electron chi connectivity index (χ0n) is 11.9. The molecular formula is C15H24N4. The SMILES string of the molecule is CC(C)(CN=C(N)NCC1CCC1)c1ccccn1. The molecule has 1 aromatic heterocycles. The summed E-state index contributed by atoms with van der Waals surface area (Å²) in [5.74, 6) is 1.34. The molecule has 2 rings (SSSR count). The van der Waals surface area contributed by atoms with Crippen LogP contribution in [0.4, 0.5) is 0 Å². The Morgan fingerprint density at radius 3 is 2.84 bits per heavy atom. The molecule has 1 aliphatic carbocycles. The monoisotopic (exact) mass is 260 g/mol. The van der Waals surface area contributed by atoms with Gasteiger partial charge in [0.1, 0.15) is 0 Å². The van der Waals surface area contributed by atoms with Gasteiger partial charge in [0.15, 0.2) is 5.96 Å². The number of aromatic nitrogens is 1. The van der Waals surface area contributed by atoms with E-state index in [0.717, 1.165) is 18.2 Å². The predicted molar refractivity (Wildman–Crippen MR) is 79.1 cm³/mol. The lowest BCUT2D eigenvalue weighted by atomic mass is 9.85. The highest BCUT2D eigenvalue weighted by Gasteiger charge is 2.22. The molecule has 0 amide bonds. The first kappa shape index (κ1) is 13.8. The summed E-state index contributed by atoms with van der Waals surface area (Å²) in [7, 11) is 0. The van der Waals surface area contributed by atoms with Gasteiger partial charge in [-0.05, 0) is 30.9 Å². The smallest absolute Gasteiger partial charge is 0.188 e. The molecule has 3 N–H and O–H groups in total. The maximum Gasteiger partial charge on any atom is 0.188 e. The van der Waals surface area contributed by atoms with Crippen molar-refractivity contribution in [3.63, 3.8) is 0 Å². The second-order valence-corrected chi connectivity index (χ2v) is 5.98. The van der Waals surface area contributed by atoms with Crippen LogP contribution in [0.3, 0.4) is 0 Å². The molecule has 0 radical (unpaired) electrons. The number of rotatable bonds is 5. The minimum Gasteiger partial charge on any atom is -0.370 e. The molecule has 0 aromatic carbocycles. The van der Waals surface area contributed by atoms with Crippen LogP contribution in [0.25, 0.3) is 0 Å². The summed E-state index contributed by atoms with van der Waals surface area (Å²) in [6, 6.07) is 5.97. The summed E-state index contributed by atoms with van der Waals surface area (Å²) in [5.41, 5.74) is 6.86. The van der Waals surface area contributed by atoms with Gasteiger partial charge in [-0.2, -0.15) is 0 Å². The van der Waals surface area contributed by atoms with Crippen LogP contribution in [-0.2, 0) is 5.41 Å². The lowest BCUT2D eigenvalue weighted by Crippen LogP contribution is -2.38. The molecule has 104 valence electrons. The van der Waals surface area contributed by atoms with Crippen LogP contribution in [0.15, 0.2) is 29.4 Å². The fourth-order valence-electron chi connectivity index (χ4n) is 2.13. The average Bonchev–Trinajstić information content (AvgIpc) is 2.36. The van der Waals surface area contributed by atoms with Gasteiger partial charge in [0, 0.05) is 23.9 Å². The standard InChI is InChI=1S/C15H24N4/c1-15(2,13-8-3-4-9-17-13)11-19-14(16)18-10-12-6-5-7-12/h3-4,8-9,12H,5-7,10-11H2,1-2H3,(H3,16,18,19). The largest absolute Gasteiger partial charge is 0.370 e. The first-order valence-corrected chi connectivity index (χ1v) is 7.03. The van der Waals surface area contributed by atoms with E-state index in [2.05, 4.69) is 29.1 Å². The maximum atomic E-state index is 5.90. The molecule has 0 spiro atoms. The Bertz CT molecular complexity index is 421. The minimum atomic E-state index is -0.0932. The number of nitrogens with two attached hydrogens (primary N) is 1. The van der Waals surface area contributed by atoms with E-state index in [9.17, 15) is 0 Å². The van der Waals surface area contributed by atoms with Crippen molar-refractivity contribution in [2.75, 3.05) is 13.1 Å². The van der Waals surface area contributed by atoms with Crippen molar-refractivity contribution in [3.05, 3.63) is 30.1 Å². The number of hydrogen-bond acceptors (Lipinski definition) is 2. The normalized spacial score (nSPS) is 17.1. The van der Waals surface area contributed by atoms with Gasteiger partial charge < -0.3 is 11.1 Å². The fourth-order valence-corrected chi connectivity index (χ4v) is 2.13. The van der Waals surface area contributed by atoms with Crippen molar-refractivity contribution in [2.24, 2.45) is 16.6 Å². The molecule has 1 aromatic rings. The van der Waals surface area contributed by atoms with Crippen LogP contribution in [-0.4, -0.2) is 24.0 Å². The zero-order chi connectivity index (χ0) is 13.7. The van der Waals surface area contributed by atoms with Gasteiger partial charge in [-0.1, -0.05) is 26.3 Å². The van der Waals surface area contributed by atoms with Crippen molar-refractivity contribution in [2.45, 2.75) is 38.5 Å². The van der Waals surface area contributed by atoms with Gasteiger partial charge in [0.2, 0.25) is 0 Å². The van der Waals surface area contributed by atoms with Crippen molar-refractivity contribution >= 4 is 5.96 Å². The van der Waals surface area contributed by atoms with E-state index in [4.69, 9.17) is 5.73 Å². The number of aliphatic imine (C=N–C) groups is 1. The summed E-state index contributed by atoms with van der Waals surface area (Å²) in [6.07, 6.45) is 5.81. The highest BCUT2D eigenvalue weighted by atomic mass is 15.1. The van der Waals surface area contributed by atoms with Crippen molar-refractivity contribution in [1.29, 1.82) is 0 Å². The molecule has 1 heterocycles. The minimum absolute atomic E-state index is 0.0932. The second-order valence-electron chi connectivity index (χ2n) is 5.98. The van der Waals surface area contributed by atoms with Gasteiger partial charge in [-0.25, -0.2) is 0 Å². The highest BCUT2D eigenvalue weighted by Crippen LogP contribution is 2.25. The molecule has 0 unspecified atom stereocenters. The molecule has 4 nitrogen and oxygen atoms in total. The summed E-state index contributed by atoms with van der Waals surface area (Å²) in [5, 5.41) is 3.22.